The van der Waals surface area contributed by atoms with Gasteiger partial charge in [0.2, 0.25) is 11.7 Å². The van der Waals surface area contributed by atoms with Gasteiger partial charge < -0.3 is 23.9 Å². The molecule has 1 aliphatic rings. The van der Waals surface area contributed by atoms with Crippen molar-refractivity contribution in [1.82, 2.24) is 0 Å². The highest BCUT2D eigenvalue weighted by Gasteiger charge is 2.32. The number of furan rings is 1. The Labute approximate surface area is 176 Å². The number of amides is 1. The number of anilines is 1. The van der Waals surface area contributed by atoms with Crippen LogP contribution in [0, 0.1) is 0 Å². The summed E-state index contributed by atoms with van der Waals surface area (Å²) in [7, 11) is 0. The first kappa shape index (κ1) is 22.1. The molecule has 0 bridgehead atoms. The average molecular weight is 415 g/mol. The number of esters is 1. The second kappa shape index (κ2) is 9.45. The molecule has 1 saturated heterocycles. The van der Waals surface area contributed by atoms with Crippen molar-refractivity contribution in [2.75, 3.05) is 24.7 Å². The normalized spacial score (nSPS) is 16.9. The standard InChI is InChI=1S/C23H29NO6/c1-23(2,3)16-4-6-17(7-5-16)24-18(8-11-21(24)26)14-28-15-19-9-10-20(30-19)22(27)29-13-12-25/h4-7,9-10,18,25H,8,11-15H2,1-3H3/t18-/m0/s1. The van der Waals surface area contributed by atoms with Crippen LogP contribution in [0.2, 0.25) is 0 Å². The Morgan fingerprint density at radius 2 is 1.93 bits per heavy atom. The lowest BCUT2D eigenvalue weighted by atomic mass is 9.87. The lowest BCUT2D eigenvalue weighted by molar-refractivity contribution is -0.117. The van der Waals surface area contributed by atoms with Gasteiger partial charge >= 0.3 is 5.97 Å². The molecule has 1 aromatic heterocycles. The summed E-state index contributed by atoms with van der Waals surface area (Å²) in [5.74, 6) is 0.0376. The molecule has 1 aliphatic heterocycles. The molecule has 3 rings (SSSR count). The Balaban J connectivity index is 1.57. The van der Waals surface area contributed by atoms with Crippen molar-refractivity contribution in [2.24, 2.45) is 0 Å². The topological polar surface area (TPSA) is 89.2 Å². The van der Waals surface area contributed by atoms with E-state index in [2.05, 4.69) is 32.9 Å². The maximum atomic E-state index is 12.4. The lowest BCUT2D eigenvalue weighted by Gasteiger charge is -2.26. The molecule has 0 radical (unpaired) electrons. The molecule has 7 heteroatoms. The van der Waals surface area contributed by atoms with Crippen molar-refractivity contribution in [3.05, 3.63) is 53.5 Å². The SMILES string of the molecule is CC(C)(C)c1ccc(N2C(=O)CC[C@H]2COCc2ccc(C(=O)OCCO)o2)cc1. The van der Waals surface area contributed by atoms with E-state index in [9.17, 15) is 9.59 Å². The molecule has 1 atom stereocenters. The van der Waals surface area contributed by atoms with Gasteiger partial charge in [0.25, 0.3) is 0 Å². The molecular formula is C23H29NO6. The number of carbonyl (C=O) groups excluding carboxylic acids is 2. The number of ether oxygens (including phenoxy) is 2. The maximum absolute atomic E-state index is 12.4. The number of nitrogens with zero attached hydrogens (tertiary/aromatic N) is 1. The van der Waals surface area contributed by atoms with Crippen molar-refractivity contribution in [3.63, 3.8) is 0 Å². The Kier molecular flexibility index (Phi) is 6.95. The van der Waals surface area contributed by atoms with Crippen LogP contribution in [0.4, 0.5) is 5.69 Å². The minimum Gasteiger partial charge on any atom is -0.457 e. The highest BCUT2D eigenvalue weighted by Crippen LogP contribution is 2.30. The summed E-state index contributed by atoms with van der Waals surface area (Å²) in [6, 6.07) is 11.3. The van der Waals surface area contributed by atoms with Gasteiger partial charge in [-0.2, -0.15) is 0 Å². The summed E-state index contributed by atoms with van der Waals surface area (Å²) in [6.07, 6.45) is 1.23. The Hall–Kier alpha value is -2.64. The lowest BCUT2D eigenvalue weighted by Crippen LogP contribution is -2.36. The van der Waals surface area contributed by atoms with E-state index in [1.165, 1.54) is 11.6 Å². The van der Waals surface area contributed by atoms with E-state index in [1.807, 2.05) is 17.0 Å². The molecule has 0 unspecified atom stereocenters. The number of hydrogen-bond donors (Lipinski definition) is 1. The minimum absolute atomic E-state index is 0.0399. The van der Waals surface area contributed by atoms with Crippen molar-refractivity contribution in [1.29, 1.82) is 0 Å². The van der Waals surface area contributed by atoms with Crippen LogP contribution in [0.15, 0.2) is 40.8 Å². The molecular weight excluding hydrogens is 386 g/mol. The molecule has 2 aromatic rings. The number of aliphatic hydroxyl groups is 1. The number of aliphatic hydroxyl groups excluding tert-OH is 1. The molecule has 1 aromatic carbocycles. The van der Waals surface area contributed by atoms with Gasteiger partial charge in [-0.3, -0.25) is 4.79 Å². The molecule has 0 spiro atoms. The molecule has 1 fully saturated rings. The molecule has 162 valence electrons. The number of rotatable bonds is 8. The van der Waals surface area contributed by atoms with Crippen LogP contribution in [0.25, 0.3) is 0 Å². The third-order valence-corrected chi connectivity index (χ3v) is 5.08. The largest absolute Gasteiger partial charge is 0.457 e. The molecule has 1 amide bonds. The van der Waals surface area contributed by atoms with Gasteiger partial charge in [-0.1, -0.05) is 32.9 Å². The predicted octanol–water partition coefficient (Wildman–Crippen LogP) is 3.44. The smallest absolute Gasteiger partial charge is 0.374 e. The molecule has 0 aliphatic carbocycles. The van der Waals surface area contributed by atoms with Gasteiger partial charge in [-0.15, -0.1) is 0 Å². The highest BCUT2D eigenvalue weighted by molar-refractivity contribution is 5.96. The average Bonchev–Trinajstić information content (AvgIpc) is 3.32. The first-order valence-corrected chi connectivity index (χ1v) is 10.2. The van der Waals surface area contributed by atoms with Crippen LogP contribution in [0.3, 0.4) is 0 Å². The second-order valence-electron chi connectivity index (χ2n) is 8.39. The van der Waals surface area contributed by atoms with E-state index in [-0.39, 0.29) is 42.9 Å². The highest BCUT2D eigenvalue weighted by atomic mass is 16.6. The predicted molar refractivity (Wildman–Crippen MR) is 111 cm³/mol. The van der Waals surface area contributed by atoms with Gasteiger partial charge in [-0.25, -0.2) is 4.79 Å². The van der Waals surface area contributed by atoms with E-state index >= 15 is 0 Å². The van der Waals surface area contributed by atoms with Crippen LogP contribution in [-0.4, -0.2) is 42.8 Å². The summed E-state index contributed by atoms with van der Waals surface area (Å²) in [5, 5.41) is 8.70. The van der Waals surface area contributed by atoms with Gasteiger partial charge in [0.05, 0.1) is 19.3 Å². The Morgan fingerprint density at radius 1 is 1.20 bits per heavy atom. The summed E-state index contributed by atoms with van der Waals surface area (Å²) in [6.45, 7) is 6.72. The van der Waals surface area contributed by atoms with Crippen LogP contribution >= 0.6 is 0 Å². The quantitative estimate of drug-likeness (QED) is 0.665. The zero-order valence-electron chi connectivity index (χ0n) is 17.7. The molecule has 2 heterocycles. The van der Waals surface area contributed by atoms with E-state index < -0.39 is 5.97 Å². The number of carbonyl (C=O) groups is 2. The second-order valence-corrected chi connectivity index (χ2v) is 8.39. The third kappa shape index (κ3) is 5.29. The minimum atomic E-state index is -0.624. The first-order valence-electron chi connectivity index (χ1n) is 10.2. The summed E-state index contributed by atoms with van der Waals surface area (Å²) < 4.78 is 16.0. The van der Waals surface area contributed by atoms with Crippen LogP contribution in [0.1, 0.15) is 55.5 Å². The van der Waals surface area contributed by atoms with Crippen molar-refractivity contribution in [3.8, 4) is 0 Å². The molecule has 1 N–H and O–H groups in total. The van der Waals surface area contributed by atoms with Gasteiger partial charge in [-0.05, 0) is 41.7 Å². The maximum Gasteiger partial charge on any atom is 0.374 e. The fourth-order valence-electron chi connectivity index (χ4n) is 3.45. The first-order chi connectivity index (χ1) is 14.3. The van der Waals surface area contributed by atoms with Crippen LogP contribution in [0.5, 0.6) is 0 Å². The van der Waals surface area contributed by atoms with Gasteiger partial charge in [0.1, 0.15) is 19.0 Å². The van der Waals surface area contributed by atoms with Gasteiger partial charge in [0.15, 0.2) is 0 Å². The summed E-state index contributed by atoms with van der Waals surface area (Å²) in [4.78, 5) is 26.0. The Morgan fingerprint density at radius 3 is 2.60 bits per heavy atom. The fraction of sp³-hybridized carbons (Fsp3) is 0.478. The molecule has 7 nitrogen and oxygen atoms in total. The Bertz CT molecular complexity index is 865. The van der Waals surface area contributed by atoms with Crippen LogP contribution in [-0.2, 0) is 26.3 Å². The number of hydrogen-bond acceptors (Lipinski definition) is 6. The van der Waals surface area contributed by atoms with Crippen molar-refractivity contribution >= 4 is 17.6 Å². The molecule has 30 heavy (non-hydrogen) atoms. The fourth-order valence-corrected chi connectivity index (χ4v) is 3.45. The van der Waals surface area contributed by atoms with Crippen molar-refractivity contribution < 1.29 is 28.6 Å². The van der Waals surface area contributed by atoms with Gasteiger partial charge in [0, 0.05) is 12.1 Å². The zero-order valence-corrected chi connectivity index (χ0v) is 17.7. The third-order valence-electron chi connectivity index (χ3n) is 5.08. The number of benzene rings is 1. The van der Waals surface area contributed by atoms with E-state index in [1.54, 1.807) is 6.07 Å². The monoisotopic (exact) mass is 415 g/mol. The van der Waals surface area contributed by atoms with E-state index in [0.29, 0.717) is 18.8 Å². The van der Waals surface area contributed by atoms with E-state index in [4.69, 9.17) is 19.0 Å². The van der Waals surface area contributed by atoms with Crippen molar-refractivity contribution in [2.45, 2.75) is 51.7 Å². The zero-order chi connectivity index (χ0) is 21.7. The van der Waals surface area contributed by atoms with E-state index in [0.717, 1.165) is 12.1 Å². The summed E-state index contributed by atoms with van der Waals surface area (Å²) in [5.41, 5.74) is 2.16. The molecule has 0 saturated carbocycles. The van der Waals surface area contributed by atoms with Crippen LogP contribution < -0.4 is 4.90 Å². The summed E-state index contributed by atoms with van der Waals surface area (Å²) >= 11 is 0.